The van der Waals surface area contributed by atoms with E-state index in [-0.39, 0.29) is 53.9 Å². The molecule has 1 aliphatic heterocycles. The summed E-state index contributed by atoms with van der Waals surface area (Å²) in [6.45, 7) is 13.7. The third-order valence-electron chi connectivity index (χ3n) is 10.7. The number of benzene rings is 1. The first kappa shape index (κ1) is 45.5. The average Bonchev–Trinajstić information content (AvgIpc) is 3.60. The molecule has 0 spiro atoms. The van der Waals surface area contributed by atoms with Gasteiger partial charge in [0.05, 0.1) is 42.7 Å². The van der Waals surface area contributed by atoms with Crippen molar-refractivity contribution >= 4 is 29.6 Å². The molecule has 1 saturated heterocycles. The zero-order valence-corrected chi connectivity index (χ0v) is 33.5. The van der Waals surface area contributed by atoms with Gasteiger partial charge in [0.1, 0.15) is 17.9 Å². The van der Waals surface area contributed by atoms with Gasteiger partial charge >= 0.3 is 5.97 Å². The second-order valence-electron chi connectivity index (χ2n) is 15.0. The first-order valence-electron chi connectivity index (χ1n) is 18.8. The predicted octanol–water partition coefficient (Wildman–Crippen LogP) is 3.24. The van der Waals surface area contributed by atoms with Gasteiger partial charge in [0, 0.05) is 34.2 Å². The minimum atomic E-state index is -1.37. The molecule has 4 amide bonds. The second-order valence-corrected chi connectivity index (χ2v) is 15.0. The highest BCUT2D eigenvalue weighted by atomic mass is 19.1. The molecule has 53 heavy (non-hydrogen) atoms. The smallest absolute Gasteiger partial charge is 0.326 e. The normalized spacial score (nSPS) is 19.1. The number of likely N-dealkylation sites (tertiary alicyclic amines) is 1. The molecular weight excluding hydrogens is 685 g/mol. The topological polar surface area (TPSA) is 167 Å². The number of nitrogens with zero attached hydrogens (tertiary/aromatic N) is 2. The van der Waals surface area contributed by atoms with Gasteiger partial charge in [-0.2, -0.15) is 0 Å². The van der Waals surface area contributed by atoms with E-state index in [2.05, 4.69) is 16.0 Å². The van der Waals surface area contributed by atoms with Crippen LogP contribution in [0, 0.1) is 29.5 Å². The van der Waals surface area contributed by atoms with Gasteiger partial charge in [-0.05, 0) is 49.3 Å². The Hall–Kier alpha value is -3.62. The predicted molar refractivity (Wildman–Crippen MR) is 200 cm³/mol. The third kappa shape index (κ3) is 11.9. The Balaban J connectivity index is 2.27. The first-order valence-corrected chi connectivity index (χ1v) is 18.8. The number of nitrogens with one attached hydrogen (secondary N) is 3. The van der Waals surface area contributed by atoms with E-state index >= 15 is 0 Å². The molecule has 0 radical (unpaired) electrons. The molecule has 14 heteroatoms. The number of likely N-dealkylation sites (N-methyl/N-ethyl adjacent to an activating group) is 2. The van der Waals surface area contributed by atoms with E-state index in [0.29, 0.717) is 25.8 Å². The molecule has 0 bridgehead atoms. The molecule has 1 heterocycles. The number of carbonyl (C=O) groups is 5. The quantitative estimate of drug-likeness (QED) is 0.148. The van der Waals surface area contributed by atoms with Gasteiger partial charge in [0.15, 0.2) is 0 Å². The Bertz CT molecular complexity index is 1380. The van der Waals surface area contributed by atoms with Crippen molar-refractivity contribution in [1.29, 1.82) is 0 Å². The van der Waals surface area contributed by atoms with Crippen molar-refractivity contribution in [2.75, 3.05) is 34.9 Å². The maximum Gasteiger partial charge on any atom is 0.326 e. The molecule has 2 rings (SSSR count). The average molecular weight is 750 g/mol. The lowest BCUT2D eigenvalue weighted by Crippen LogP contribution is -2.59. The van der Waals surface area contributed by atoms with Gasteiger partial charge in [0.25, 0.3) is 0 Å². The summed E-state index contributed by atoms with van der Waals surface area (Å²) in [5.74, 6) is -4.34. The van der Waals surface area contributed by atoms with Gasteiger partial charge in [-0.25, -0.2) is 9.18 Å². The SMILES string of the molecule is CC[C@H](C)C([C@@H](CC(=O)N1CCC[C@H]1C(OC)[C@@H](C)C(=O)NC(Cc1ccccc1F)C(=O)O)OC)N(C)C(=O)[C@@H](NC(=O)[C@@H](NC)C(C)C)C(C)C. The number of aliphatic carboxylic acids is 1. The maximum atomic E-state index is 14.3. The number of rotatable bonds is 21. The lowest BCUT2D eigenvalue weighted by Gasteiger charge is -2.41. The van der Waals surface area contributed by atoms with Crippen LogP contribution in [0.1, 0.15) is 79.7 Å². The minimum Gasteiger partial charge on any atom is -0.480 e. The molecule has 3 unspecified atom stereocenters. The molecule has 1 aliphatic rings. The van der Waals surface area contributed by atoms with Crippen LogP contribution in [0.2, 0.25) is 0 Å². The number of carboxylic acid groups (broad SMARTS) is 1. The third-order valence-corrected chi connectivity index (χ3v) is 10.7. The zero-order valence-electron chi connectivity index (χ0n) is 33.5. The lowest BCUT2D eigenvalue weighted by molar-refractivity contribution is -0.148. The minimum absolute atomic E-state index is 0.00844. The van der Waals surface area contributed by atoms with Crippen LogP contribution in [-0.4, -0.2) is 122 Å². The van der Waals surface area contributed by atoms with Crippen molar-refractivity contribution in [1.82, 2.24) is 25.8 Å². The van der Waals surface area contributed by atoms with Crippen LogP contribution in [0.4, 0.5) is 4.39 Å². The number of carbonyl (C=O) groups excluding carboxylic acids is 4. The molecule has 9 atom stereocenters. The van der Waals surface area contributed by atoms with Crippen molar-refractivity contribution in [3.05, 3.63) is 35.6 Å². The molecule has 0 aromatic heterocycles. The highest BCUT2D eigenvalue weighted by molar-refractivity contribution is 5.90. The fraction of sp³-hybridized carbons (Fsp3) is 0.718. The summed E-state index contributed by atoms with van der Waals surface area (Å²) in [7, 11) is 6.36. The maximum absolute atomic E-state index is 14.3. The molecule has 0 aliphatic carbocycles. The molecule has 13 nitrogen and oxygen atoms in total. The zero-order chi connectivity index (χ0) is 40.2. The van der Waals surface area contributed by atoms with Gasteiger partial charge in [-0.1, -0.05) is 73.1 Å². The number of methoxy groups -OCH3 is 2. The Morgan fingerprint density at radius 2 is 1.58 bits per heavy atom. The molecule has 1 fully saturated rings. The van der Waals surface area contributed by atoms with Crippen molar-refractivity contribution < 1.29 is 42.9 Å². The van der Waals surface area contributed by atoms with Gasteiger partial charge in [-0.15, -0.1) is 0 Å². The van der Waals surface area contributed by atoms with E-state index in [4.69, 9.17) is 9.47 Å². The monoisotopic (exact) mass is 749 g/mol. The molecular formula is C39H64FN5O8. The van der Waals surface area contributed by atoms with E-state index in [9.17, 15) is 33.5 Å². The highest BCUT2D eigenvalue weighted by Crippen LogP contribution is 2.30. The van der Waals surface area contributed by atoms with Crippen LogP contribution in [0.15, 0.2) is 24.3 Å². The number of carboxylic acids is 1. The van der Waals surface area contributed by atoms with E-state index in [0.717, 1.165) is 0 Å². The first-order chi connectivity index (χ1) is 24.9. The summed E-state index contributed by atoms with van der Waals surface area (Å²) >= 11 is 0. The van der Waals surface area contributed by atoms with E-state index in [1.807, 2.05) is 41.5 Å². The number of amides is 4. The Kier molecular flexibility index (Phi) is 18.3. The van der Waals surface area contributed by atoms with Gasteiger partial charge < -0.3 is 40.3 Å². The summed E-state index contributed by atoms with van der Waals surface area (Å²) in [5.41, 5.74) is 0.164. The summed E-state index contributed by atoms with van der Waals surface area (Å²) in [6, 6.07) is 2.18. The second kappa shape index (κ2) is 21.3. The van der Waals surface area contributed by atoms with Gasteiger partial charge in [0.2, 0.25) is 23.6 Å². The van der Waals surface area contributed by atoms with E-state index in [1.54, 1.807) is 36.9 Å². The van der Waals surface area contributed by atoms with Crippen molar-refractivity contribution in [3.8, 4) is 0 Å². The van der Waals surface area contributed by atoms with Crippen molar-refractivity contribution in [3.63, 3.8) is 0 Å². The largest absolute Gasteiger partial charge is 0.480 e. The Morgan fingerprint density at radius 1 is 0.962 bits per heavy atom. The lowest BCUT2D eigenvalue weighted by atomic mass is 9.89. The summed E-state index contributed by atoms with van der Waals surface area (Å²) < 4.78 is 26.1. The molecule has 300 valence electrons. The van der Waals surface area contributed by atoms with Crippen LogP contribution in [0.5, 0.6) is 0 Å². The Morgan fingerprint density at radius 3 is 2.09 bits per heavy atom. The summed E-state index contributed by atoms with van der Waals surface area (Å²) in [4.78, 5) is 70.2. The van der Waals surface area contributed by atoms with Crippen LogP contribution < -0.4 is 16.0 Å². The molecule has 1 aromatic carbocycles. The fourth-order valence-electron chi connectivity index (χ4n) is 7.44. The number of halogens is 1. The Labute approximate surface area is 315 Å². The highest BCUT2D eigenvalue weighted by Gasteiger charge is 2.43. The van der Waals surface area contributed by atoms with E-state index < -0.39 is 66.0 Å². The van der Waals surface area contributed by atoms with Gasteiger partial charge in [-0.3, -0.25) is 19.2 Å². The number of hydrogen-bond donors (Lipinski definition) is 4. The van der Waals surface area contributed by atoms with Crippen molar-refractivity contribution in [2.45, 2.75) is 123 Å². The number of hydrogen-bond acceptors (Lipinski definition) is 8. The summed E-state index contributed by atoms with van der Waals surface area (Å²) in [6.07, 6.45) is 0.190. The van der Waals surface area contributed by atoms with Crippen LogP contribution in [0.3, 0.4) is 0 Å². The van der Waals surface area contributed by atoms with Crippen LogP contribution in [-0.2, 0) is 39.9 Å². The summed E-state index contributed by atoms with van der Waals surface area (Å²) in [5, 5.41) is 18.4. The molecule has 4 N–H and O–H groups in total. The molecule has 1 aromatic rings. The molecule has 0 saturated carbocycles. The van der Waals surface area contributed by atoms with Crippen LogP contribution in [0.25, 0.3) is 0 Å². The standard InChI is InChI=1S/C39H64FN5O8/c1-12-24(6)34(44(9)38(49)33(23(4)5)43-37(48)32(41-8)22(2)3)30(52-10)21-31(46)45-19-15-18-29(45)35(53-11)25(7)36(47)42-28(39(50)51)20-26-16-13-14-17-27(26)40/h13-14,16-17,22-25,28-30,32-35,41H,12,15,18-21H2,1-11H3,(H,42,47)(H,43,48)(H,50,51)/t24-,25+,28?,29-,30+,32-,33-,34?,35?/m0/s1. The van der Waals surface area contributed by atoms with Crippen LogP contribution >= 0.6 is 0 Å². The number of ether oxygens (including phenoxy) is 2. The fourth-order valence-corrected chi connectivity index (χ4v) is 7.44. The van der Waals surface area contributed by atoms with E-state index in [1.165, 1.54) is 32.4 Å². The van der Waals surface area contributed by atoms with Crippen molar-refractivity contribution in [2.24, 2.45) is 23.7 Å².